The monoisotopic (exact) mass is 527 g/mol. The van der Waals surface area contributed by atoms with E-state index in [-0.39, 0.29) is 5.75 Å². The number of hydrogen-bond acceptors (Lipinski definition) is 5. The largest absolute Gasteiger partial charge is 0.481 e. The van der Waals surface area contributed by atoms with Crippen molar-refractivity contribution in [1.82, 2.24) is 9.55 Å². The normalized spacial score (nSPS) is 13.8. The van der Waals surface area contributed by atoms with E-state index in [1.165, 1.54) is 11.8 Å². The first-order valence-corrected chi connectivity index (χ1v) is 12.4. The van der Waals surface area contributed by atoms with Gasteiger partial charge in [0, 0.05) is 22.8 Å². The van der Waals surface area contributed by atoms with Gasteiger partial charge in [-0.25, -0.2) is 4.98 Å². The molecule has 0 fully saturated rings. The van der Waals surface area contributed by atoms with Crippen LogP contribution in [0.1, 0.15) is 33.2 Å². The summed E-state index contributed by atoms with van der Waals surface area (Å²) in [6.45, 7) is 0. The predicted molar refractivity (Wildman–Crippen MR) is 141 cm³/mol. The number of imidazole rings is 1. The molecule has 0 radical (unpaired) electrons. The molecular weight excluding hydrogens is 505 g/mol. The van der Waals surface area contributed by atoms with Crippen molar-refractivity contribution >= 4 is 46.6 Å². The lowest BCUT2D eigenvalue weighted by molar-refractivity contribution is -0.133. The third-order valence-electron chi connectivity index (χ3n) is 5.76. The topological polar surface area (TPSA) is 101 Å². The number of rotatable bonds is 8. The quantitative estimate of drug-likeness (QED) is 0.261. The zero-order valence-electron chi connectivity index (χ0n) is 18.7. The summed E-state index contributed by atoms with van der Waals surface area (Å²) in [6, 6.07) is 19.5. The van der Waals surface area contributed by atoms with Crippen LogP contribution in [0, 0.1) is 0 Å². The minimum atomic E-state index is -1.57. The summed E-state index contributed by atoms with van der Waals surface area (Å²) < 4.78 is 1.75. The molecule has 2 atom stereocenters. The highest BCUT2D eigenvalue weighted by molar-refractivity contribution is 8.00. The lowest BCUT2D eigenvalue weighted by atomic mass is 9.82. The third kappa shape index (κ3) is 5.18. The molecule has 9 heteroatoms. The van der Waals surface area contributed by atoms with Crippen LogP contribution in [-0.4, -0.2) is 31.5 Å². The van der Waals surface area contributed by atoms with E-state index in [4.69, 9.17) is 28.9 Å². The SMILES string of the molecule is Cn1cncc1C(O)(c1ccc(Cl)cc1)c1ccc(N)c(C(SCC(=O)O)c2cccc(Cl)c2)c1. The summed E-state index contributed by atoms with van der Waals surface area (Å²) in [6.07, 6.45) is 3.23. The standard InChI is InChI=1S/C26H23Cl2N3O3S/c1-31-15-30-13-23(31)26(34,17-5-8-19(27)9-6-17)18-7-10-22(29)21(12-18)25(35-14-24(32)33)16-3-2-4-20(28)11-16/h2-13,15,25,34H,14,29H2,1H3,(H,32,33). The van der Waals surface area contributed by atoms with Gasteiger partial charge in [-0.3, -0.25) is 4.79 Å². The predicted octanol–water partition coefficient (Wildman–Crippen LogP) is 5.50. The Morgan fingerprint density at radius 3 is 2.43 bits per heavy atom. The highest BCUT2D eigenvalue weighted by atomic mass is 35.5. The lowest BCUT2D eigenvalue weighted by Crippen LogP contribution is -2.31. The Hall–Kier alpha value is -2.97. The maximum absolute atomic E-state index is 12.2. The van der Waals surface area contributed by atoms with Crippen LogP contribution in [0.4, 0.5) is 5.69 Å². The van der Waals surface area contributed by atoms with Crippen LogP contribution < -0.4 is 5.73 Å². The van der Waals surface area contributed by atoms with Crippen LogP contribution in [0.3, 0.4) is 0 Å². The Morgan fingerprint density at radius 2 is 1.80 bits per heavy atom. The number of nitrogen functional groups attached to an aromatic ring is 1. The van der Waals surface area contributed by atoms with Crippen molar-refractivity contribution in [1.29, 1.82) is 0 Å². The van der Waals surface area contributed by atoms with E-state index < -0.39 is 16.8 Å². The number of aliphatic carboxylic acids is 1. The number of halogens is 2. The maximum Gasteiger partial charge on any atom is 0.313 e. The molecule has 0 aliphatic rings. The number of aliphatic hydroxyl groups is 1. The molecule has 0 bridgehead atoms. The van der Waals surface area contributed by atoms with E-state index in [1.54, 1.807) is 72.7 Å². The summed E-state index contributed by atoms with van der Waals surface area (Å²) in [5, 5.41) is 22.3. The Kier molecular flexibility index (Phi) is 7.42. The van der Waals surface area contributed by atoms with Gasteiger partial charge in [0.15, 0.2) is 5.60 Å². The van der Waals surface area contributed by atoms with Crippen molar-refractivity contribution in [3.05, 3.63) is 117 Å². The second-order valence-electron chi connectivity index (χ2n) is 8.09. The smallest absolute Gasteiger partial charge is 0.313 e. The summed E-state index contributed by atoms with van der Waals surface area (Å²) in [4.78, 5) is 15.6. The number of carbonyl (C=O) groups is 1. The minimum absolute atomic E-state index is 0.135. The van der Waals surface area contributed by atoms with Crippen LogP contribution in [0.25, 0.3) is 0 Å². The van der Waals surface area contributed by atoms with Crippen LogP contribution in [0.5, 0.6) is 0 Å². The number of nitrogens with two attached hydrogens (primary N) is 1. The molecule has 3 aromatic carbocycles. The highest BCUT2D eigenvalue weighted by Crippen LogP contribution is 2.43. The summed E-state index contributed by atoms with van der Waals surface area (Å²) in [5.74, 6) is -1.08. The molecule has 0 aliphatic carbocycles. The first kappa shape index (κ1) is 25.1. The second-order valence-corrected chi connectivity index (χ2v) is 10.1. The molecule has 4 rings (SSSR count). The molecule has 1 heterocycles. The highest BCUT2D eigenvalue weighted by Gasteiger charge is 2.37. The summed E-state index contributed by atoms with van der Waals surface area (Å²) >= 11 is 13.6. The van der Waals surface area contributed by atoms with Gasteiger partial charge in [0.25, 0.3) is 0 Å². The number of anilines is 1. The fraction of sp³-hybridized carbons (Fsp3) is 0.154. The molecule has 180 valence electrons. The van der Waals surface area contributed by atoms with Crippen molar-refractivity contribution < 1.29 is 15.0 Å². The van der Waals surface area contributed by atoms with E-state index in [2.05, 4.69) is 4.98 Å². The van der Waals surface area contributed by atoms with Gasteiger partial charge in [-0.05, 0) is 58.7 Å². The molecule has 2 unspecified atom stereocenters. The van der Waals surface area contributed by atoms with Gasteiger partial charge in [0.1, 0.15) is 0 Å². The molecule has 0 aliphatic heterocycles. The van der Waals surface area contributed by atoms with Gasteiger partial charge in [-0.1, -0.05) is 53.5 Å². The maximum atomic E-state index is 12.2. The minimum Gasteiger partial charge on any atom is -0.481 e. The molecule has 0 saturated carbocycles. The molecule has 6 nitrogen and oxygen atoms in total. The van der Waals surface area contributed by atoms with Crippen molar-refractivity contribution in [2.75, 3.05) is 11.5 Å². The number of nitrogens with zero attached hydrogens (tertiary/aromatic N) is 2. The fourth-order valence-electron chi connectivity index (χ4n) is 4.08. The van der Waals surface area contributed by atoms with Gasteiger partial charge in [0.05, 0.1) is 29.2 Å². The zero-order valence-corrected chi connectivity index (χ0v) is 21.1. The number of thioether (sulfide) groups is 1. The molecule has 0 amide bonds. The first-order chi connectivity index (χ1) is 16.7. The van der Waals surface area contributed by atoms with Crippen molar-refractivity contribution in [2.24, 2.45) is 7.05 Å². The number of aromatic nitrogens is 2. The van der Waals surface area contributed by atoms with Gasteiger partial charge < -0.3 is 20.5 Å². The van der Waals surface area contributed by atoms with Crippen molar-refractivity contribution in [3.63, 3.8) is 0 Å². The number of carboxylic acids is 1. The average Bonchev–Trinajstić information content (AvgIpc) is 3.26. The van der Waals surface area contributed by atoms with Crippen LogP contribution in [-0.2, 0) is 17.4 Å². The molecule has 4 N–H and O–H groups in total. The Balaban J connectivity index is 1.91. The van der Waals surface area contributed by atoms with Crippen LogP contribution in [0.2, 0.25) is 10.0 Å². The van der Waals surface area contributed by atoms with Gasteiger partial charge in [-0.15, -0.1) is 11.8 Å². The number of aryl methyl sites for hydroxylation is 1. The first-order valence-electron chi connectivity index (χ1n) is 10.6. The molecule has 0 spiro atoms. The van der Waals surface area contributed by atoms with Gasteiger partial charge >= 0.3 is 5.97 Å². The number of hydrogen-bond donors (Lipinski definition) is 3. The van der Waals surface area contributed by atoms with Crippen LogP contribution in [0.15, 0.2) is 79.3 Å². The average molecular weight is 528 g/mol. The molecule has 1 aromatic heterocycles. The van der Waals surface area contributed by atoms with Crippen molar-refractivity contribution in [2.45, 2.75) is 10.9 Å². The second kappa shape index (κ2) is 10.3. The molecule has 35 heavy (non-hydrogen) atoms. The number of carboxylic acid groups (broad SMARTS) is 1. The van der Waals surface area contributed by atoms with E-state index >= 15 is 0 Å². The van der Waals surface area contributed by atoms with Gasteiger partial charge in [0.2, 0.25) is 0 Å². The van der Waals surface area contributed by atoms with E-state index in [1.807, 2.05) is 18.2 Å². The zero-order chi connectivity index (χ0) is 25.2. The lowest BCUT2D eigenvalue weighted by Gasteiger charge is -2.31. The third-order valence-corrected chi connectivity index (χ3v) is 7.52. The molecular formula is C26H23Cl2N3O3S. The van der Waals surface area contributed by atoms with E-state index in [9.17, 15) is 15.0 Å². The Morgan fingerprint density at radius 1 is 1.09 bits per heavy atom. The Labute approximate surface area is 217 Å². The summed E-state index contributed by atoms with van der Waals surface area (Å²) in [5.41, 5.74) is 8.49. The summed E-state index contributed by atoms with van der Waals surface area (Å²) in [7, 11) is 1.80. The fourth-order valence-corrected chi connectivity index (χ4v) is 5.43. The molecule has 4 aromatic rings. The van der Waals surface area contributed by atoms with E-state index in [0.29, 0.717) is 38.1 Å². The number of benzene rings is 3. The van der Waals surface area contributed by atoms with Crippen molar-refractivity contribution in [3.8, 4) is 0 Å². The van der Waals surface area contributed by atoms with E-state index in [0.717, 1.165) is 5.56 Å². The Bertz CT molecular complexity index is 1360. The molecule has 0 saturated heterocycles. The van der Waals surface area contributed by atoms with Gasteiger partial charge in [-0.2, -0.15) is 0 Å². The van der Waals surface area contributed by atoms with Crippen LogP contribution >= 0.6 is 35.0 Å².